The summed E-state index contributed by atoms with van der Waals surface area (Å²) in [6, 6.07) is 7.20. The topological polar surface area (TPSA) is 60.3 Å². The van der Waals surface area contributed by atoms with Gasteiger partial charge in [-0.15, -0.1) is 10.2 Å². The van der Waals surface area contributed by atoms with Crippen LogP contribution in [0.1, 0.15) is 37.9 Å². The first-order chi connectivity index (χ1) is 12.7. The van der Waals surface area contributed by atoms with E-state index in [1.807, 2.05) is 21.8 Å². The van der Waals surface area contributed by atoms with Crippen LogP contribution in [0.4, 0.5) is 0 Å². The lowest BCUT2D eigenvalue weighted by Gasteiger charge is -2.33. The fourth-order valence-corrected chi connectivity index (χ4v) is 4.49. The summed E-state index contributed by atoms with van der Waals surface area (Å²) in [4.78, 5) is 13.1. The van der Waals surface area contributed by atoms with E-state index in [0.29, 0.717) is 23.1 Å². The minimum Gasteiger partial charge on any atom is -0.486 e. The van der Waals surface area contributed by atoms with Gasteiger partial charge < -0.3 is 4.74 Å². The highest BCUT2D eigenvalue weighted by Crippen LogP contribution is 2.29. The largest absolute Gasteiger partial charge is 0.486 e. The van der Waals surface area contributed by atoms with Crippen LogP contribution in [-0.2, 0) is 11.4 Å². The molecule has 2 aromatic rings. The smallest absolute Gasteiger partial charge is 0.244 e. The number of carbonyl (C=O) groups excluding carboxylic acids is 1. The zero-order chi connectivity index (χ0) is 17.9. The van der Waals surface area contributed by atoms with Crippen molar-refractivity contribution in [2.75, 3.05) is 17.3 Å². The molecule has 1 aromatic heterocycles. The van der Waals surface area contributed by atoms with E-state index in [4.69, 9.17) is 16.3 Å². The highest BCUT2D eigenvalue weighted by atomic mass is 35.5. The van der Waals surface area contributed by atoms with Gasteiger partial charge in [-0.3, -0.25) is 4.79 Å². The third-order valence-electron chi connectivity index (χ3n) is 4.84. The highest BCUT2D eigenvalue weighted by molar-refractivity contribution is 7.99. The molecule has 0 unspecified atom stereocenters. The van der Waals surface area contributed by atoms with Crippen LogP contribution in [0.25, 0.3) is 0 Å². The molecule has 4 rings (SSSR count). The fourth-order valence-electron chi connectivity index (χ4n) is 3.49. The van der Waals surface area contributed by atoms with E-state index in [9.17, 15) is 4.79 Å². The number of rotatable bonds is 4. The number of benzene rings is 1. The van der Waals surface area contributed by atoms with E-state index < -0.39 is 0 Å². The second kappa shape index (κ2) is 7.88. The van der Waals surface area contributed by atoms with Gasteiger partial charge in [0.1, 0.15) is 12.4 Å². The van der Waals surface area contributed by atoms with Crippen molar-refractivity contribution < 1.29 is 9.53 Å². The van der Waals surface area contributed by atoms with Gasteiger partial charge in [-0.05, 0) is 37.1 Å². The maximum absolute atomic E-state index is 13.1. The quantitative estimate of drug-likeness (QED) is 0.794. The van der Waals surface area contributed by atoms with Gasteiger partial charge in [0.05, 0.1) is 6.54 Å². The Morgan fingerprint density at radius 1 is 1.19 bits per heavy atom. The van der Waals surface area contributed by atoms with Gasteiger partial charge in [0.25, 0.3) is 0 Å². The summed E-state index contributed by atoms with van der Waals surface area (Å²) in [5.74, 6) is 2.51. The Kier molecular flexibility index (Phi) is 5.36. The highest BCUT2D eigenvalue weighted by Gasteiger charge is 2.32. The number of amides is 1. The fraction of sp³-hybridized carbons (Fsp3) is 0.500. The Balaban J connectivity index is 1.52. The van der Waals surface area contributed by atoms with Crippen LogP contribution in [0.2, 0.25) is 5.02 Å². The van der Waals surface area contributed by atoms with E-state index in [2.05, 4.69) is 10.2 Å². The van der Waals surface area contributed by atoms with Crippen LogP contribution < -0.4 is 9.75 Å². The molecule has 2 heterocycles. The van der Waals surface area contributed by atoms with Gasteiger partial charge in [-0.1, -0.05) is 42.6 Å². The second-order valence-electron chi connectivity index (χ2n) is 6.60. The maximum atomic E-state index is 13.1. The summed E-state index contributed by atoms with van der Waals surface area (Å²) in [5.41, 5.74) is 0. The Morgan fingerprint density at radius 2 is 1.96 bits per heavy atom. The van der Waals surface area contributed by atoms with E-state index >= 15 is 0 Å². The summed E-state index contributed by atoms with van der Waals surface area (Å²) in [6.07, 6.45) is 5.48. The van der Waals surface area contributed by atoms with Crippen molar-refractivity contribution in [3.8, 4) is 5.75 Å². The molecule has 6 nitrogen and oxygen atoms in total. The standard InChI is InChI=1S/C18H21ClN4O2S/c19-14-6-8-15(9-7-14)25-12-16-20-21-18-23(16)22(10-11-26-18)17(24)13-4-2-1-3-5-13/h6-9,13H,1-5,10-12H2. The molecule has 1 fully saturated rings. The zero-order valence-electron chi connectivity index (χ0n) is 14.4. The molecule has 2 aliphatic rings. The number of thioether (sulfide) groups is 1. The van der Waals surface area contributed by atoms with Crippen LogP contribution in [-0.4, -0.2) is 33.1 Å². The van der Waals surface area contributed by atoms with Gasteiger partial charge in [-0.2, -0.15) is 0 Å². The van der Waals surface area contributed by atoms with Crippen LogP contribution in [0, 0.1) is 5.92 Å². The predicted octanol–water partition coefficient (Wildman–Crippen LogP) is 3.66. The average molecular weight is 393 g/mol. The Labute approximate surface area is 161 Å². The van der Waals surface area contributed by atoms with Crippen molar-refractivity contribution >= 4 is 29.3 Å². The van der Waals surface area contributed by atoms with Crippen molar-refractivity contribution in [2.24, 2.45) is 5.92 Å². The van der Waals surface area contributed by atoms with E-state index in [1.54, 1.807) is 23.9 Å². The number of nitrogens with zero attached hydrogens (tertiary/aromatic N) is 4. The molecule has 0 radical (unpaired) electrons. The van der Waals surface area contributed by atoms with Gasteiger partial charge in [0, 0.05) is 16.7 Å². The zero-order valence-corrected chi connectivity index (χ0v) is 16.0. The average Bonchev–Trinajstić information content (AvgIpc) is 3.11. The molecule has 0 bridgehead atoms. The SMILES string of the molecule is O=C(C1CCCCC1)N1CCSc2nnc(COc3ccc(Cl)cc3)n21. The Bertz CT molecular complexity index is 774. The number of fused-ring (bicyclic) bond motifs is 1. The third-order valence-corrected chi connectivity index (χ3v) is 5.99. The maximum Gasteiger partial charge on any atom is 0.244 e. The predicted molar refractivity (Wildman–Crippen MR) is 101 cm³/mol. The molecule has 138 valence electrons. The summed E-state index contributed by atoms with van der Waals surface area (Å²) in [6.45, 7) is 0.933. The molecule has 0 saturated heterocycles. The van der Waals surface area contributed by atoms with Crippen LogP contribution in [0.3, 0.4) is 0 Å². The first kappa shape index (κ1) is 17.7. The Morgan fingerprint density at radius 3 is 2.73 bits per heavy atom. The second-order valence-corrected chi connectivity index (χ2v) is 8.10. The van der Waals surface area contributed by atoms with E-state index in [0.717, 1.165) is 36.6 Å². The molecule has 0 N–H and O–H groups in total. The minimum absolute atomic E-state index is 0.118. The van der Waals surface area contributed by atoms with Gasteiger partial charge in [0.2, 0.25) is 11.1 Å². The number of aromatic nitrogens is 3. The molecule has 1 saturated carbocycles. The first-order valence-corrected chi connectivity index (χ1v) is 10.4. The Hall–Kier alpha value is -1.73. The lowest BCUT2D eigenvalue weighted by atomic mass is 9.88. The van der Waals surface area contributed by atoms with E-state index in [-0.39, 0.29) is 18.4 Å². The van der Waals surface area contributed by atoms with Crippen molar-refractivity contribution in [3.05, 3.63) is 35.1 Å². The molecule has 0 spiro atoms. The summed E-state index contributed by atoms with van der Waals surface area (Å²) < 4.78 is 7.66. The molecule has 1 aliphatic heterocycles. The monoisotopic (exact) mass is 392 g/mol. The number of hydrogen-bond donors (Lipinski definition) is 0. The summed E-state index contributed by atoms with van der Waals surface area (Å²) >= 11 is 7.53. The van der Waals surface area contributed by atoms with Crippen LogP contribution >= 0.6 is 23.4 Å². The molecule has 8 heteroatoms. The number of hydrogen-bond acceptors (Lipinski definition) is 5. The number of carbonyl (C=O) groups is 1. The summed E-state index contributed by atoms with van der Waals surface area (Å²) in [7, 11) is 0. The molecule has 1 aromatic carbocycles. The van der Waals surface area contributed by atoms with E-state index in [1.165, 1.54) is 6.42 Å². The lowest BCUT2D eigenvalue weighted by Crippen LogP contribution is -2.48. The van der Waals surface area contributed by atoms with Gasteiger partial charge >= 0.3 is 0 Å². The first-order valence-electron chi connectivity index (χ1n) is 8.99. The van der Waals surface area contributed by atoms with Gasteiger partial charge in [-0.25, -0.2) is 9.69 Å². The molecule has 0 atom stereocenters. The van der Waals surface area contributed by atoms with Crippen LogP contribution in [0.15, 0.2) is 29.4 Å². The minimum atomic E-state index is 0.118. The van der Waals surface area contributed by atoms with Crippen molar-refractivity contribution in [1.29, 1.82) is 0 Å². The molecular weight excluding hydrogens is 372 g/mol. The molecular formula is C18H21ClN4O2S. The van der Waals surface area contributed by atoms with Gasteiger partial charge in [0.15, 0.2) is 5.82 Å². The normalized spacial score (nSPS) is 17.8. The molecule has 1 aliphatic carbocycles. The van der Waals surface area contributed by atoms with Crippen molar-refractivity contribution in [2.45, 2.75) is 43.9 Å². The molecule has 1 amide bonds. The number of ether oxygens (including phenoxy) is 1. The van der Waals surface area contributed by atoms with Crippen molar-refractivity contribution in [1.82, 2.24) is 14.9 Å². The van der Waals surface area contributed by atoms with Crippen LogP contribution in [0.5, 0.6) is 5.75 Å². The lowest BCUT2D eigenvalue weighted by molar-refractivity contribution is -0.125. The van der Waals surface area contributed by atoms with Crippen molar-refractivity contribution in [3.63, 3.8) is 0 Å². The molecule has 26 heavy (non-hydrogen) atoms. The summed E-state index contributed by atoms with van der Waals surface area (Å²) in [5, 5.41) is 11.7. The number of halogens is 1. The third kappa shape index (κ3) is 3.69.